The highest BCUT2D eigenvalue weighted by Crippen LogP contribution is 2.12. The van der Waals surface area contributed by atoms with Crippen LogP contribution in [0.4, 0.5) is 0 Å². The van der Waals surface area contributed by atoms with Gasteiger partial charge in [0.1, 0.15) is 6.54 Å². The largest absolute Gasteiger partial charge is 0.468 e. The maximum atomic E-state index is 11.6. The van der Waals surface area contributed by atoms with Crippen molar-refractivity contribution in [3.63, 3.8) is 0 Å². The molecule has 0 N–H and O–H groups in total. The number of imide groups is 1. The molecule has 18 heavy (non-hydrogen) atoms. The van der Waals surface area contributed by atoms with Gasteiger partial charge in [-0.05, 0) is 0 Å². The molecule has 0 radical (unpaired) electrons. The van der Waals surface area contributed by atoms with E-state index in [4.69, 9.17) is 0 Å². The fourth-order valence-electron chi connectivity index (χ4n) is 1.62. The lowest BCUT2D eigenvalue weighted by molar-refractivity contribution is -0.147. The van der Waals surface area contributed by atoms with Crippen LogP contribution in [-0.4, -0.2) is 60.7 Å². The number of ether oxygens (including phenoxy) is 1. The number of nitrogens with zero attached hydrogens (tertiary/aromatic N) is 2. The standard InChI is InChI=1S/C11H16N2O5/c1-12(7-11(17)18-2)8(14)5-6-13-9(15)3-4-10(13)16/h3-7H2,1-2H3. The van der Waals surface area contributed by atoms with Crippen molar-refractivity contribution in [1.29, 1.82) is 0 Å². The second-order valence-corrected chi connectivity index (χ2v) is 4.02. The maximum Gasteiger partial charge on any atom is 0.325 e. The number of likely N-dealkylation sites (tertiary alicyclic amines) is 1. The summed E-state index contributed by atoms with van der Waals surface area (Å²) in [6.45, 7) is -0.0702. The van der Waals surface area contributed by atoms with Gasteiger partial charge >= 0.3 is 5.97 Å². The van der Waals surface area contributed by atoms with Crippen LogP contribution in [-0.2, 0) is 23.9 Å². The molecule has 1 aliphatic rings. The van der Waals surface area contributed by atoms with Crippen molar-refractivity contribution < 1.29 is 23.9 Å². The SMILES string of the molecule is COC(=O)CN(C)C(=O)CCN1C(=O)CCC1=O. The molecule has 0 saturated carbocycles. The van der Waals surface area contributed by atoms with Gasteiger partial charge in [0.2, 0.25) is 17.7 Å². The second-order valence-electron chi connectivity index (χ2n) is 4.02. The van der Waals surface area contributed by atoms with E-state index >= 15 is 0 Å². The summed E-state index contributed by atoms with van der Waals surface area (Å²) in [5, 5.41) is 0. The minimum absolute atomic E-state index is 0.0188. The lowest BCUT2D eigenvalue weighted by atomic mass is 10.3. The molecule has 100 valence electrons. The molecule has 1 heterocycles. The first kappa shape index (κ1) is 14.1. The number of esters is 1. The van der Waals surface area contributed by atoms with E-state index in [1.807, 2.05) is 0 Å². The molecule has 0 aromatic carbocycles. The lowest BCUT2D eigenvalue weighted by Crippen LogP contribution is -2.37. The van der Waals surface area contributed by atoms with Gasteiger partial charge in [-0.25, -0.2) is 0 Å². The van der Waals surface area contributed by atoms with E-state index < -0.39 is 5.97 Å². The Morgan fingerprint density at radius 3 is 2.33 bits per heavy atom. The molecule has 1 saturated heterocycles. The van der Waals surface area contributed by atoms with Crippen LogP contribution in [0.3, 0.4) is 0 Å². The van der Waals surface area contributed by atoms with Crippen LogP contribution in [0.1, 0.15) is 19.3 Å². The van der Waals surface area contributed by atoms with Crippen LogP contribution < -0.4 is 0 Å². The first-order valence-electron chi connectivity index (χ1n) is 5.59. The van der Waals surface area contributed by atoms with E-state index in [2.05, 4.69) is 4.74 Å². The fourth-order valence-corrected chi connectivity index (χ4v) is 1.62. The molecule has 3 amide bonds. The fraction of sp³-hybridized carbons (Fsp3) is 0.636. The van der Waals surface area contributed by atoms with Crippen molar-refractivity contribution in [2.75, 3.05) is 27.2 Å². The monoisotopic (exact) mass is 256 g/mol. The van der Waals surface area contributed by atoms with Gasteiger partial charge in [0, 0.05) is 32.9 Å². The summed E-state index contributed by atoms with van der Waals surface area (Å²) in [6.07, 6.45) is 0.445. The molecule has 0 aliphatic carbocycles. The minimum atomic E-state index is -0.515. The lowest BCUT2D eigenvalue weighted by Gasteiger charge is -2.18. The van der Waals surface area contributed by atoms with Gasteiger partial charge < -0.3 is 9.64 Å². The number of methoxy groups -OCH3 is 1. The zero-order chi connectivity index (χ0) is 13.7. The molecule has 0 aromatic heterocycles. The molecule has 7 nitrogen and oxygen atoms in total. The molecule has 1 aliphatic heterocycles. The van der Waals surface area contributed by atoms with Gasteiger partial charge in [0.15, 0.2) is 0 Å². The van der Waals surface area contributed by atoms with Crippen LogP contribution >= 0.6 is 0 Å². The summed E-state index contributed by atoms with van der Waals surface area (Å²) < 4.78 is 4.43. The zero-order valence-electron chi connectivity index (χ0n) is 10.5. The van der Waals surface area contributed by atoms with Crippen LogP contribution in [0.5, 0.6) is 0 Å². The molecule has 0 atom stereocenters. The zero-order valence-corrected chi connectivity index (χ0v) is 10.5. The third-order valence-electron chi connectivity index (χ3n) is 2.72. The molecule has 0 bridgehead atoms. The molecular formula is C11H16N2O5. The summed E-state index contributed by atoms with van der Waals surface area (Å²) in [4.78, 5) is 47.5. The Bertz CT molecular complexity index is 364. The van der Waals surface area contributed by atoms with E-state index in [1.54, 1.807) is 0 Å². The molecule has 1 rings (SSSR count). The van der Waals surface area contributed by atoms with E-state index in [0.717, 1.165) is 4.90 Å². The van der Waals surface area contributed by atoms with Gasteiger partial charge in [-0.15, -0.1) is 0 Å². The summed E-state index contributed by atoms with van der Waals surface area (Å²) in [6, 6.07) is 0. The quantitative estimate of drug-likeness (QED) is 0.473. The highest BCUT2D eigenvalue weighted by atomic mass is 16.5. The van der Waals surface area contributed by atoms with Gasteiger partial charge in [-0.1, -0.05) is 0 Å². The first-order valence-corrected chi connectivity index (χ1v) is 5.59. The Morgan fingerprint density at radius 1 is 1.28 bits per heavy atom. The van der Waals surface area contributed by atoms with E-state index in [1.165, 1.54) is 19.1 Å². The number of carbonyl (C=O) groups is 4. The first-order chi connectivity index (χ1) is 8.45. The Morgan fingerprint density at radius 2 is 1.83 bits per heavy atom. The van der Waals surface area contributed by atoms with E-state index in [-0.39, 0.29) is 50.1 Å². The highest BCUT2D eigenvalue weighted by Gasteiger charge is 2.29. The Kier molecular flexibility index (Phi) is 4.82. The topological polar surface area (TPSA) is 84.0 Å². The van der Waals surface area contributed by atoms with Gasteiger partial charge in [-0.3, -0.25) is 24.1 Å². The molecule has 0 unspecified atom stereocenters. The third kappa shape index (κ3) is 3.54. The summed E-state index contributed by atoms with van der Waals surface area (Å²) in [5.41, 5.74) is 0. The smallest absolute Gasteiger partial charge is 0.325 e. The van der Waals surface area contributed by atoms with Crippen LogP contribution in [0.15, 0.2) is 0 Å². The third-order valence-corrected chi connectivity index (χ3v) is 2.72. The average molecular weight is 256 g/mol. The van der Waals surface area contributed by atoms with Crippen LogP contribution in [0.2, 0.25) is 0 Å². The molecule has 1 fully saturated rings. The van der Waals surface area contributed by atoms with Crippen molar-refractivity contribution in [2.45, 2.75) is 19.3 Å². The number of hydrogen-bond donors (Lipinski definition) is 0. The number of likely N-dealkylation sites (N-methyl/N-ethyl adjacent to an activating group) is 1. The van der Waals surface area contributed by atoms with Gasteiger partial charge in [0.25, 0.3) is 0 Å². The van der Waals surface area contributed by atoms with Gasteiger partial charge in [0.05, 0.1) is 7.11 Å². The molecule has 0 aromatic rings. The normalized spacial score (nSPS) is 14.9. The van der Waals surface area contributed by atoms with Crippen molar-refractivity contribution in [3.05, 3.63) is 0 Å². The number of carbonyl (C=O) groups excluding carboxylic acids is 4. The summed E-state index contributed by atoms with van der Waals surface area (Å²) >= 11 is 0. The van der Waals surface area contributed by atoms with Crippen LogP contribution in [0, 0.1) is 0 Å². The molecule has 7 heteroatoms. The maximum absolute atomic E-state index is 11.6. The van der Waals surface area contributed by atoms with Crippen LogP contribution in [0.25, 0.3) is 0 Å². The predicted octanol–water partition coefficient (Wildman–Crippen LogP) is -0.843. The summed E-state index contributed by atoms with van der Waals surface area (Å²) in [7, 11) is 2.70. The Labute approximate surface area is 105 Å². The minimum Gasteiger partial charge on any atom is -0.468 e. The average Bonchev–Trinajstić information content (AvgIpc) is 2.65. The van der Waals surface area contributed by atoms with Gasteiger partial charge in [-0.2, -0.15) is 0 Å². The number of rotatable bonds is 5. The van der Waals surface area contributed by atoms with E-state index in [0.29, 0.717) is 0 Å². The number of amides is 3. The Hall–Kier alpha value is -1.92. The molecular weight excluding hydrogens is 240 g/mol. The predicted molar refractivity (Wildman–Crippen MR) is 60.2 cm³/mol. The Balaban J connectivity index is 2.38. The second kappa shape index (κ2) is 6.13. The number of hydrogen-bond acceptors (Lipinski definition) is 5. The van der Waals surface area contributed by atoms with Crippen molar-refractivity contribution in [1.82, 2.24) is 9.80 Å². The summed E-state index contributed by atoms with van der Waals surface area (Å²) in [5.74, 6) is -1.32. The van der Waals surface area contributed by atoms with Crippen molar-refractivity contribution >= 4 is 23.7 Å². The van der Waals surface area contributed by atoms with Crippen molar-refractivity contribution in [2.24, 2.45) is 0 Å². The molecule has 0 spiro atoms. The highest BCUT2D eigenvalue weighted by molar-refractivity contribution is 6.02. The van der Waals surface area contributed by atoms with Crippen molar-refractivity contribution in [3.8, 4) is 0 Å². The van der Waals surface area contributed by atoms with E-state index in [9.17, 15) is 19.2 Å².